The summed E-state index contributed by atoms with van der Waals surface area (Å²) in [7, 11) is 0. The molecule has 1 aliphatic rings. The van der Waals surface area contributed by atoms with Crippen molar-refractivity contribution in [3.63, 3.8) is 0 Å². The van der Waals surface area contributed by atoms with Crippen LogP contribution in [0.25, 0.3) is 0 Å². The maximum absolute atomic E-state index is 11.8. The van der Waals surface area contributed by atoms with Crippen LogP contribution in [0, 0.1) is 5.21 Å². The fraction of sp³-hybridized carbons (Fsp3) is 0.750. The second kappa shape index (κ2) is 3.75. The van der Waals surface area contributed by atoms with Crippen molar-refractivity contribution in [1.82, 2.24) is 4.42 Å². The zero-order valence-corrected chi connectivity index (χ0v) is 9.61. The number of quaternary nitrogens is 1. The van der Waals surface area contributed by atoms with E-state index in [1.165, 1.54) is 4.42 Å². The van der Waals surface area contributed by atoms with Gasteiger partial charge < -0.3 is 22.7 Å². The van der Waals surface area contributed by atoms with Crippen molar-refractivity contribution in [2.45, 2.75) is 32.0 Å². The van der Waals surface area contributed by atoms with Gasteiger partial charge in [-0.2, -0.15) is 4.42 Å². The predicted molar refractivity (Wildman–Crippen MR) is 49.6 cm³/mol. The number of hydroxylamine groups is 2. The summed E-state index contributed by atoms with van der Waals surface area (Å²) in [6, 6.07) is 0. The lowest BCUT2D eigenvalue weighted by molar-refractivity contribution is -0.931. The minimum atomic E-state index is -0.689. The van der Waals surface area contributed by atoms with E-state index in [2.05, 4.69) is 6.58 Å². The quantitative estimate of drug-likeness (QED) is 0.305. The molecule has 1 aliphatic heterocycles. The second-order valence-corrected chi connectivity index (χ2v) is 4.49. The molecule has 0 aromatic carbocycles. The van der Waals surface area contributed by atoms with Crippen molar-refractivity contribution in [3.8, 4) is 0 Å². The SMILES string of the molecule is C=CC1(C)N(Cl)CC(C)(C)[NH+]1[O-].[Cl-]. The van der Waals surface area contributed by atoms with Gasteiger partial charge in [0.25, 0.3) is 0 Å². The second-order valence-electron chi connectivity index (χ2n) is 4.08. The van der Waals surface area contributed by atoms with Gasteiger partial charge in [-0.15, -0.1) is 0 Å². The van der Waals surface area contributed by atoms with Crippen molar-refractivity contribution in [2.75, 3.05) is 6.54 Å². The molecule has 78 valence electrons. The highest BCUT2D eigenvalue weighted by Gasteiger charge is 2.51. The maximum Gasteiger partial charge on any atom is 0.183 e. The molecule has 0 aromatic rings. The average molecular weight is 226 g/mol. The van der Waals surface area contributed by atoms with Crippen LogP contribution < -0.4 is 17.5 Å². The molecule has 0 aliphatic carbocycles. The van der Waals surface area contributed by atoms with Gasteiger partial charge in [-0.3, -0.25) is 0 Å². The van der Waals surface area contributed by atoms with Crippen LogP contribution in [0.1, 0.15) is 20.8 Å². The molecule has 5 heteroatoms. The lowest BCUT2D eigenvalue weighted by Gasteiger charge is -2.39. The molecule has 1 heterocycles. The Morgan fingerprint density at radius 2 is 2.00 bits per heavy atom. The molecule has 1 saturated heterocycles. The van der Waals surface area contributed by atoms with E-state index in [0.29, 0.717) is 6.54 Å². The topological polar surface area (TPSA) is 30.7 Å². The molecule has 0 spiro atoms. The standard InChI is InChI=1S/C8H15ClN2O.ClH/c1-5-8(4)10(9)6-7(2,3)11(8)12;/h5,11H,1,6H2,2-4H3;1H/p-1. The minimum Gasteiger partial charge on any atom is -1.00 e. The summed E-state index contributed by atoms with van der Waals surface area (Å²) in [5.41, 5.74) is -1.05. The van der Waals surface area contributed by atoms with E-state index in [1.807, 2.05) is 13.8 Å². The van der Waals surface area contributed by atoms with Crippen molar-refractivity contribution in [1.29, 1.82) is 0 Å². The molecule has 1 fully saturated rings. The van der Waals surface area contributed by atoms with Crippen LogP contribution in [0.3, 0.4) is 0 Å². The number of rotatable bonds is 1. The monoisotopic (exact) mass is 225 g/mol. The molecule has 0 aromatic heterocycles. The average Bonchev–Trinajstić information content (AvgIpc) is 2.13. The van der Waals surface area contributed by atoms with Gasteiger partial charge in [0.15, 0.2) is 5.66 Å². The van der Waals surface area contributed by atoms with Crippen molar-refractivity contribution >= 4 is 11.8 Å². The summed E-state index contributed by atoms with van der Waals surface area (Å²) < 4.78 is 1.53. The van der Waals surface area contributed by atoms with Crippen LogP contribution in [0.2, 0.25) is 0 Å². The van der Waals surface area contributed by atoms with Gasteiger partial charge in [0.05, 0.1) is 6.54 Å². The first kappa shape index (κ1) is 13.2. The Morgan fingerprint density at radius 1 is 1.54 bits per heavy atom. The fourth-order valence-electron chi connectivity index (χ4n) is 1.57. The van der Waals surface area contributed by atoms with E-state index in [-0.39, 0.29) is 23.0 Å². The van der Waals surface area contributed by atoms with E-state index < -0.39 is 5.66 Å². The molecule has 0 radical (unpaired) electrons. The van der Waals surface area contributed by atoms with Gasteiger partial charge in [0.1, 0.15) is 5.54 Å². The highest BCUT2D eigenvalue weighted by atomic mass is 35.5. The van der Waals surface area contributed by atoms with E-state index in [1.54, 1.807) is 13.0 Å². The molecule has 0 saturated carbocycles. The zero-order chi connectivity index (χ0) is 9.57. The van der Waals surface area contributed by atoms with Crippen LogP contribution in [0.5, 0.6) is 0 Å². The lowest BCUT2D eigenvalue weighted by Crippen LogP contribution is -3.20. The molecule has 0 bridgehead atoms. The smallest absolute Gasteiger partial charge is 0.183 e. The summed E-state index contributed by atoms with van der Waals surface area (Å²) in [6.45, 7) is 9.81. The molecule has 2 atom stereocenters. The third-order valence-electron chi connectivity index (χ3n) is 2.51. The van der Waals surface area contributed by atoms with Gasteiger partial charge in [-0.05, 0) is 31.7 Å². The Balaban J connectivity index is 0.00000144. The number of halogens is 2. The Labute approximate surface area is 90.4 Å². The van der Waals surface area contributed by atoms with Crippen molar-refractivity contribution in [2.24, 2.45) is 0 Å². The predicted octanol–water partition coefficient (Wildman–Crippen LogP) is -2.48. The molecule has 1 N–H and O–H groups in total. The highest BCUT2D eigenvalue weighted by Crippen LogP contribution is 2.23. The molecule has 13 heavy (non-hydrogen) atoms. The van der Waals surface area contributed by atoms with Crippen molar-refractivity contribution < 1.29 is 17.5 Å². The van der Waals surface area contributed by atoms with E-state index in [0.717, 1.165) is 0 Å². The summed E-state index contributed by atoms with van der Waals surface area (Å²) >= 11 is 5.94. The van der Waals surface area contributed by atoms with Crippen LogP contribution in [0.15, 0.2) is 12.7 Å². The number of nitrogens with one attached hydrogen (secondary N) is 1. The molecular formula is C8H15Cl2N2O-. The van der Waals surface area contributed by atoms with Gasteiger partial charge >= 0.3 is 0 Å². The Morgan fingerprint density at radius 3 is 2.15 bits per heavy atom. The maximum atomic E-state index is 11.8. The van der Waals surface area contributed by atoms with Gasteiger partial charge in [0.2, 0.25) is 0 Å². The number of hydrogen-bond donors (Lipinski definition) is 1. The van der Waals surface area contributed by atoms with Crippen molar-refractivity contribution in [3.05, 3.63) is 17.9 Å². The Bertz CT molecular complexity index is 210. The van der Waals surface area contributed by atoms with Crippen LogP contribution in [0.4, 0.5) is 0 Å². The van der Waals surface area contributed by atoms with Gasteiger partial charge in [-0.1, -0.05) is 6.58 Å². The Hall–Kier alpha value is 0.200. The first-order valence-electron chi connectivity index (χ1n) is 3.96. The third-order valence-corrected chi connectivity index (χ3v) is 2.98. The molecule has 2 unspecified atom stereocenters. The fourth-order valence-corrected chi connectivity index (χ4v) is 2.01. The van der Waals surface area contributed by atoms with Crippen LogP contribution >= 0.6 is 11.8 Å². The molecule has 0 amide bonds. The van der Waals surface area contributed by atoms with E-state index in [4.69, 9.17) is 11.8 Å². The zero-order valence-electron chi connectivity index (χ0n) is 8.10. The first-order chi connectivity index (χ1) is 5.34. The summed E-state index contributed by atoms with van der Waals surface area (Å²) in [4.78, 5) is 0. The van der Waals surface area contributed by atoms with E-state index in [9.17, 15) is 5.21 Å². The number of nitrogens with zero attached hydrogens (tertiary/aromatic N) is 1. The molecule has 3 nitrogen and oxygen atoms in total. The normalized spacial score (nSPS) is 38.4. The molecule has 1 rings (SSSR count). The van der Waals surface area contributed by atoms with Gasteiger partial charge in [0, 0.05) is 6.92 Å². The highest BCUT2D eigenvalue weighted by molar-refractivity contribution is 6.14. The van der Waals surface area contributed by atoms with Crippen LogP contribution in [-0.4, -0.2) is 22.2 Å². The summed E-state index contributed by atoms with van der Waals surface area (Å²) in [5.74, 6) is 0. The van der Waals surface area contributed by atoms with Crippen LogP contribution in [-0.2, 0) is 0 Å². The lowest BCUT2D eigenvalue weighted by atomic mass is 10.1. The Kier molecular flexibility index (Phi) is 3.81. The van der Waals surface area contributed by atoms with Gasteiger partial charge in [-0.25, -0.2) is 0 Å². The summed E-state index contributed by atoms with van der Waals surface area (Å²) in [5, 5.41) is 11.9. The first-order valence-corrected chi connectivity index (χ1v) is 4.30. The largest absolute Gasteiger partial charge is 1.00 e. The minimum absolute atomic E-state index is 0. The molecular weight excluding hydrogens is 211 g/mol. The summed E-state index contributed by atoms with van der Waals surface area (Å²) in [6.07, 6.45) is 1.61. The number of hydrogen-bond acceptors (Lipinski definition) is 2. The third kappa shape index (κ3) is 1.85. The van der Waals surface area contributed by atoms with E-state index >= 15 is 0 Å².